The van der Waals surface area contributed by atoms with E-state index in [4.69, 9.17) is 5.11 Å². The molecule has 1 fully saturated rings. The normalized spacial score (nSPS) is 20.1. The fourth-order valence-electron chi connectivity index (χ4n) is 2.69. The molecule has 8 heteroatoms. The third-order valence-corrected chi connectivity index (χ3v) is 3.98. The molecule has 1 aliphatic rings. The summed E-state index contributed by atoms with van der Waals surface area (Å²) >= 11 is 0. The molecule has 0 saturated carbocycles. The number of urea groups is 1. The highest BCUT2D eigenvalue weighted by Gasteiger charge is 2.28. The number of anilines is 1. The van der Waals surface area contributed by atoms with Crippen molar-refractivity contribution in [1.82, 2.24) is 19.7 Å². The van der Waals surface area contributed by atoms with Crippen molar-refractivity contribution in [1.29, 1.82) is 0 Å². The van der Waals surface area contributed by atoms with Gasteiger partial charge in [-0.05, 0) is 24.7 Å². The number of hydrogen-bond donors (Lipinski definition) is 2. The Hall–Kier alpha value is -2.12. The topological polar surface area (TPSA) is 100 Å². The molecule has 2 rings (SSSR count). The van der Waals surface area contributed by atoms with Gasteiger partial charge >= 0.3 is 12.0 Å². The number of carboxylic acids is 1. The average Bonchev–Trinajstić information content (AvgIpc) is 2.83. The molecule has 0 bridgehead atoms. The summed E-state index contributed by atoms with van der Waals surface area (Å²) in [6.07, 6.45) is 3.37. The number of carbonyl (C=O) groups excluding carboxylic acids is 1. The van der Waals surface area contributed by atoms with Gasteiger partial charge in [0.1, 0.15) is 6.33 Å². The molecule has 21 heavy (non-hydrogen) atoms. The number of carbonyl (C=O) groups is 2. The Labute approximate surface area is 123 Å². The molecular weight excluding hydrogens is 274 g/mol. The van der Waals surface area contributed by atoms with E-state index in [1.165, 1.54) is 11.0 Å². The molecule has 0 radical (unpaired) electrons. The number of aromatic nitrogens is 3. The zero-order valence-corrected chi connectivity index (χ0v) is 12.3. The Morgan fingerprint density at radius 2 is 2.33 bits per heavy atom. The van der Waals surface area contributed by atoms with E-state index in [1.807, 2.05) is 6.92 Å². The van der Waals surface area contributed by atoms with Crippen molar-refractivity contribution < 1.29 is 14.7 Å². The van der Waals surface area contributed by atoms with Crippen molar-refractivity contribution in [3.8, 4) is 0 Å². The fraction of sp³-hybridized carbons (Fsp3) is 0.692. The molecule has 1 aromatic rings. The third-order valence-electron chi connectivity index (χ3n) is 3.98. The minimum atomic E-state index is -0.789. The van der Waals surface area contributed by atoms with Gasteiger partial charge in [0, 0.05) is 26.6 Å². The quantitative estimate of drug-likeness (QED) is 0.868. The predicted molar refractivity (Wildman–Crippen MR) is 75.7 cm³/mol. The number of aliphatic carboxylic acids is 1. The van der Waals surface area contributed by atoms with Gasteiger partial charge in [0.2, 0.25) is 5.95 Å². The van der Waals surface area contributed by atoms with E-state index >= 15 is 0 Å². The van der Waals surface area contributed by atoms with Crippen LogP contribution in [0.15, 0.2) is 6.33 Å². The summed E-state index contributed by atoms with van der Waals surface area (Å²) in [5, 5.41) is 15.5. The number of carboxylic acid groups (broad SMARTS) is 1. The van der Waals surface area contributed by atoms with Gasteiger partial charge in [-0.1, -0.05) is 6.92 Å². The summed E-state index contributed by atoms with van der Waals surface area (Å²) in [5.41, 5.74) is 0. The minimum absolute atomic E-state index is 0.0629. The Morgan fingerprint density at radius 3 is 2.95 bits per heavy atom. The average molecular weight is 295 g/mol. The molecule has 8 nitrogen and oxygen atoms in total. The van der Waals surface area contributed by atoms with E-state index in [2.05, 4.69) is 15.4 Å². The van der Waals surface area contributed by atoms with E-state index in [9.17, 15) is 9.59 Å². The molecule has 2 amide bonds. The second kappa shape index (κ2) is 6.55. The van der Waals surface area contributed by atoms with Crippen LogP contribution in [0.1, 0.15) is 26.2 Å². The highest BCUT2D eigenvalue weighted by Crippen LogP contribution is 2.26. The second-order valence-electron chi connectivity index (χ2n) is 5.56. The Kier molecular flexibility index (Phi) is 4.77. The van der Waals surface area contributed by atoms with E-state index in [0.29, 0.717) is 19.0 Å². The van der Waals surface area contributed by atoms with Crippen LogP contribution in [0, 0.1) is 11.8 Å². The first-order valence-corrected chi connectivity index (χ1v) is 7.09. The standard InChI is InChI=1S/C13H21N5O3/c1-9(6-11(19)20)10-4-3-5-18(7-10)13(21)16-12-14-8-15-17(12)2/h8-10H,3-7H2,1-2H3,(H,19,20)(H,14,15,16,21). The monoisotopic (exact) mass is 295 g/mol. The summed E-state index contributed by atoms with van der Waals surface area (Å²) in [5.74, 6) is -0.100. The molecule has 2 atom stereocenters. The lowest BCUT2D eigenvalue weighted by Crippen LogP contribution is -2.44. The van der Waals surface area contributed by atoms with Gasteiger partial charge in [-0.25, -0.2) is 9.48 Å². The number of amides is 2. The van der Waals surface area contributed by atoms with E-state index in [1.54, 1.807) is 11.9 Å². The second-order valence-corrected chi connectivity index (χ2v) is 5.56. The molecule has 0 aliphatic carbocycles. The van der Waals surface area contributed by atoms with Crippen LogP contribution in [0.2, 0.25) is 0 Å². The van der Waals surface area contributed by atoms with Crippen LogP contribution in [0.3, 0.4) is 0 Å². The summed E-state index contributed by atoms with van der Waals surface area (Å²) in [4.78, 5) is 28.7. The maximum atomic E-state index is 12.2. The number of aryl methyl sites for hydroxylation is 1. The fourth-order valence-corrected chi connectivity index (χ4v) is 2.69. The van der Waals surface area contributed by atoms with E-state index in [-0.39, 0.29) is 24.3 Å². The van der Waals surface area contributed by atoms with E-state index < -0.39 is 5.97 Å². The van der Waals surface area contributed by atoms with Crippen molar-refractivity contribution >= 4 is 17.9 Å². The van der Waals surface area contributed by atoms with Crippen molar-refractivity contribution in [3.63, 3.8) is 0 Å². The summed E-state index contributed by atoms with van der Waals surface area (Å²) in [6.45, 7) is 3.20. The van der Waals surface area contributed by atoms with Crippen LogP contribution in [0.4, 0.5) is 10.7 Å². The lowest BCUT2D eigenvalue weighted by atomic mass is 9.85. The molecule has 2 heterocycles. The molecule has 0 aromatic carbocycles. The Morgan fingerprint density at radius 1 is 1.57 bits per heavy atom. The molecule has 2 N–H and O–H groups in total. The van der Waals surface area contributed by atoms with Crippen molar-refractivity contribution in [2.24, 2.45) is 18.9 Å². The molecule has 1 aromatic heterocycles. The van der Waals surface area contributed by atoms with Gasteiger partial charge in [-0.2, -0.15) is 10.1 Å². The van der Waals surface area contributed by atoms with Crippen molar-refractivity contribution in [2.75, 3.05) is 18.4 Å². The zero-order chi connectivity index (χ0) is 15.4. The highest BCUT2D eigenvalue weighted by molar-refractivity contribution is 5.87. The lowest BCUT2D eigenvalue weighted by molar-refractivity contribution is -0.138. The molecule has 116 valence electrons. The van der Waals surface area contributed by atoms with Crippen LogP contribution >= 0.6 is 0 Å². The smallest absolute Gasteiger partial charge is 0.324 e. The maximum absolute atomic E-state index is 12.2. The van der Waals surface area contributed by atoms with Crippen LogP contribution in [0.25, 0.3) is 0 Å². The van der Waals surface area contributed by atoms with Gasteiger partial charge in [0.25, 0.3) is 0 Å². The predicted octanol–water partition coefficient (Wildman–Crippen LogP) is 1.17. The third kappa shape index (κ3) is 3.93. The van der Waals surface area contributed by atoms with Crippen molar-refractivity contribution in [2.45, 2.75) is 26.2 Å². The molecule has 1 saturated heterocycles. The number of nitrogens with one attached hydrogen (secondary N) is 1. The summed E-state index contributed by atoms with van der Waals surface area (Å²) < 4.78 is 1.49. The molecule has 1 aliphatic heterocycles. The first kappa shape index (κ1) is 15.3. The summed E-state index contributed by atoms with van der Waals surface area (Å²) in [6, 6.07) is -0.210. The van der Waals surface area contributed by atoms with Gasteiger partial charge in [0.15, 0.2) is 0 Å². The van der Waals surface area contributed by atoms with Gasteiger partial charge < -0.3 is 10.0 Å². The first-order valence-electron chi connectivity index (χ1n) is 7.09. The number of hydrogen-bond acceptors (Lipinski definition) is 4. The van der Waals surface area contributed by atoms with Gasteiger partial charge in [-0.3, -0.25) is 10.1 Å². The Balaban J connectivity index is 1.92. The SMILES string of the molecule is CC(CC(=O)O)C1CCCN(C(=O)Nc2ncnn2C)C1. The first-order chi connectivity index (χ1) is 9.97. The zero-order valence-electron chi connectivity index (χ0n) is 12.3. The van der Waals surface area contributed by atoms with Gasteiger partial charge in [-0.15, -0.1) is 0 Å². The van der Waals surface area contributed by atoms with Gasteiger partial charge in [0.05, 0.1) is 0 Å². The molecule has 2 unspecified atom stereocenters. The van der Waals surface area contributed by atoms with Crippen LogP contribution in [0.5, 0.6) is 0 Å². The number of nitrogens with zero attached hydrogens (tertiary/aromatic N) is 4. The largest absolute Gasteiger partial charge is 0.481 e. The van der Waals surface area contributed by atoms with E-state index in [0.717, 1.165) is 12.8 Å². The number of likely N-dealkylation sites (tertiary alicyclic amines) is 1. The Bertz CT molecular complexity index is 516. The minimum Gasteiger partial charge on any atom is -0.481 e. The summed E-state index contributed by atoms with van der Waals surface area (Å²) in [7, 11) is 1.70. The molecular formula is C13H21N5O3. The van der Waals surface area contributed by atoms with Crippen LogP contribution in [-0.4, -0.2) is 49.9 Å². The lowest BCUT2D eigenvalue weighted by Gasteiger charge is -2.35. The van der Waals surface area contributed by atoms with Crippen LogP contribution < -0.4 is 5.32 Å². The maximum Gasteiger partial charge on any atom is 0.324 e. The van der Waals surface area contributed by atoms with Crippen LogP contribution in [-0.2, 0) is 11.8 Å². The molecule has 0 spiro atoms. The number of piperidine rings is 1. The highest BCUT2D eigenvalue weighted by atomic mass is 16.4. The number of rotatable bonds is 4. The van der Waals surface area contributed by atoms with Crippen molar-refractivity contribution in [3.05, 3.63) is 6.33 Å².